The molecule has 1 saturated heterocycles. The molecule has 27 heavy (non-hydrogen) atoms. The number of benzene rings is 1. The summed E-state index contributed by atoms with van der Waals surface area (Å²) in [5.74, 6) is 1.05. The highest BCUT2D eigenvalue weighted by Crippen LogP contribution is 2.20. The average Bonchev–Trinajstić information content (AvgIpc) is 2.67. The van der Waals surface area contributed by atoms with Gasteiger partial charge in [0.05, 0.1) is 12.7 Å². The topological polar surface area (TPSA) is 87.7 Å². The van der Waals surface area contributed by atoms with E-state index in [1.807, 2.05) is 17.9 Å². The summed E-state index contributed by atoms with van der Waals surface area (Å²) in [6.07, 6.45) is 0. The summed E-state index contributed by atoms with van der Waals surface area (Å²) in [5, 5.41) is 3.24. The molecule has 8 nitrogen and oxygen atoms in total. The number of hydrogen-bond donors (Lipinski definition) is 1. The molecule has 0 spiro atoms. The fourth-order valence-corrected chi connectivity index (χ4v) is 2.94. The van der Waals surface area contributed by atoms with Crippen molar-refractivity contribution < 1.29 is 14.3 Å². The number of carbonyl (C=O) groups excluding carboxylic acids is 2. The minimum absolute atomic E-state index is 0.0950. The first-order valence-corrected chi connectivity index (χ1v) is 8.78. The van der Waals surface area contributed by atoms with Gasteiger partial charge in [0, 0.05) is 50.6 Å². The molecule has 2 heterocycles. The molecule has 1 aromatic heterocycles. The van der Waals surface area contributed by atoms with Crippen molar-refractivity contribution in [2.45, 2.75) is 13.8 Å². The number of methoxy groups -OCH3 is 1. The Bertz CT molecular complexity index is 830. The van der Waals surface area contributed by atoms with Crippen molar-refractivity contribution in [1.29, 1.82) is 0 Å². The Kier molecular flexibility index (Phi) is 5.54. The van der Waals surface area contributed by atoms with Crippen LogP contribution in [0.5, 0.6) is 0 Å². The van der Waals surface area contributed by atoms with Crippen LogP contribution in [0, 0.1) is 6.92 Å². The largest absolute Gasteiger partial charge is 0.465 e. The van der Waals surface area contributed by atoms with E-state index in [1.165, 1.54) is 7.11 Å². The van der Waals surface area contributed by atoms with Crippen LogP contribution >= 0.6 is 0 Å². The highest BCUT2D eigenvalue weighted by atomic mass is 16.5. The SMILES string of the molecule is COC(=O)c1ccc(Nc2cc(C)nc(N3CCN(C(C)=O)CC3)n2)cc1. The second-order valence-corrected chi connectivity index (χ2v) is 6.38. The highest BCUT2D eigenvalue weighted by Gasteiger charge is 2.21. The average molecular weight is 369 g/mol. The van der Waals surface area contributed by atoms with E-state index >= 15 is 0 Å². The van der Waals surface area contributed by atoms with Crippen molar-refractivity contribution in [3.63, 3.8) is 0 Å². The van der Waals surface area contributed by atoms with Gasteiger partial charge < -0.3 is 19.9 Å². The molecule has 3 rings (SSSR count). The number of amides is 1. The van der Waals surface area contributed by atoms with Crippen molar-refractivity contribution in [2.75, 3.05) is 43.5 Å². The minimum atomic E-state index is -0.369. The lowest BCUT2D eigenvalue weighted by Crippen LogP contribution is -2.48. The monoisotopic (exact) mass is 369 g/mol. The molecule has 0 aliphatic carbocycles. The summed E-state index contributed by atoms with van der Waals surface area (Å²) in [7, 11) is 1.36. The summed E-state index contributed by atoms with van der Waals surface area (Å²) in [5.41, 5.74) is 2.15. The molecule has 1 fully saturated rings. The molecular formula is C19H23N5O3. The van der Waals surface area contributed by atoms with Gasteiger partial charge in [-0.3, -0.25) is 4.79 Å². The predicted octanol–water partition coefficient (Wildman–Crippen LogP) is 1.98. The Morgan fingerprint density at radius 2 is 1.74 bits per heavy atom. The number of carbonyl (C=O) groups is 2. The zero-order valence-electron chi connectivity index (χ0n) is 15.7. The van der Waals surface area contributed by atoms with Crippen LogP contribution in [0.2, 0.25) is 0 Å². The molecule has 2 aromatic rings. The lowest BCUT2D eigenvalue weighted by molar-refractivity contribution is -0.129. The number of piperazine rings is 1. The molecule has 1 aliphatic rings. The van der Waals surface area contributed by atoms with Crippen molar-refractivity contribution >= 4 is 29.3 Å². The normalized spacial score (nSPS) is 14.0. The van der Waals surface area contributed by atoms with Gasteiger partial charge in [0.25, 0.3) is 0 Å². The molecular weight excluding hydrogens is 346 g/mol. The van der Waals surface area contributed by atoms with E-state index in [4.69, 9.17) is 4.74 Å². The number of anilines is 3. The van der Waals surface area contributed by atoms with Gasteiger partial charge in [0.15, 0.2) is 0 Å². The van der Waals surface area contributed by atoms with E-state index in [2.05, 4.69) is 20.2 Å². The van der Waals surface area contributed by atoms with Crippen LogP contribution in [-0.4, -0.2) is 60.0 Å². The summed E-state index contributed by atoms with van der Waals surface area (Å²) in [6.45, 7) is 6.26. The Morgan fingerprint density at radius 1 is 1.07 bits per heavy atom. The molecule has 0 bridgehead atoms. The molecule has 0 atom stereocenters. The standard InChI is InChI=1S/C19H23N5O3/c1-13-12-17(21-16-6-4-15(5-7-16)18(26)27-3)22-19(20-13)24-10-8-23(9-11-24)14(2)25/h4-7,12H,8-11H2,1-3H3,(H,20,21,22). The summed E-state index contributed by atoms with van der Waals surface area (Å²) >= 11 is 0. The third-order valence-electron chi connectivity index (χ3n) is 4.43. The highest BCUT2D eigenvalue weighted by molar-refractivity contribution is 5.89. The molecule has 1 aromatic carbocycles. The summed E-state index contributed by atoms with van der Waals surface area (Å²) in [6, 6.07) is 8.86. The van der Waals surface area contributed by atoms with Crippen LogP contribution in [0.4, 0.5) is 17.5 Å². The number of rotatable bonds is 4. The Morgan fingerprint density at radius 3 is 2.33 bits per heavy atom. The van der Waals surface area contributed by atoms with E-state index in [1.54, 1.807) is 31.2 Å². The van der Waals surface area contributed by atoms with Crippen LogP contribution in [0.1, 0.15) is 23.0 Å². The zero-order valence-corrected chi connectivity index (χ0v) is 15.7. The van der Waals surface area contributed by atoms with Gasteiger partial charge in [-0.1, -0.05) is 0 Å². The Labute approximate surface area is 158 Å². The van der Waals surface area contributed by atoms with E-state index in [9.17, 15) is 9.59 Å². The van der Waals surface area contributed by atoms with Crippen molar-refractivity contribution in [2.24, 2.45) is 0 Å². The van der Waals surface area contributed by atoms with Crippen molar-refractivity contribution in [3.8, 4) is 0 Å². The number of nitrogens with one attached hydrogen (secondary N) is 1. The smallest absolute Gasteiger partial charge is 0.337 e. The van der Waals surface area contributed by atoms with E-state index < -0.39 is 0 Å². The maximum atomic E-state index is 11.5. The van der Waals surface area contributed by atoms with E-state index in [0.29, 0.717) is 43.5 Å². The lowest BCUT2D eigenvalue weighted by Gasteiger charge is -2.34. The zero-order chi connectivity index (χ0) is 19.4. The van der Waals surface area contributed by atoms with Gasteiger partial charge in [-0.05, 0) is 31.2 Å². The third kappa shape index (κ3) is 4.52. The van der Waals surface area contributed by atoms with Crippen molar-refractivity contribution in [1.82, 2.24) is 14.9 Å². The first kappa shape index (κ1) is 18.6. The molecule has 0 unspecified atom stereocenters. The molecule has 0 saturated carbocycles. The van der Waals surface area contributed by atoms with Crippen LogP contribution in [0.25, 0.3) is 0 Å². The summed E-state index contributed by atoms with van der Waals surface area (Å²) < 4.78 is 4.71. The predicted molar refractivity (Wildman–Crippen MR) is 102 cm³/mol. The van der Waals surface area contributed by atoms with Crippen molar-refractivity contribution in [3.05, 3.63) is 41.6 Å². The number of nitrogens with zero attached hydrogens (tertiary/aromatic N) is 4. The van der Waals surface area contributed by atoms with Crippen LogP contribution in [0.3, 0.4) is 0 Å². The van der Waals surface area contributed by atoms with Gasteiger partial charge in [0.1, 0.15) is 5.82 Å². The molecule has 0 radical (unpaired) electrons. The first-order chi connectivity index (χ1) is 13.0. The quantitative estimate of drug-likeness (QED) is 0.825. The Balaban J connectivity index is 1.72. The molecule has 1 aliphatic heterocycles. The number of ether oxygens (including phenoxy) is 1. The molecule has 1 N–H and O–H groups in total. The molecule has 142 valence electrons. The van der Waals surface area contributed by atoms with Gasteiger partial charge in [-0.25, -0.2) is 9.78 Å². The van der Waals surface area contributed by atoms with Gasteiger partial charge >= 0.3 is 5.97 Å². The lowest BCUT2D eigenvalue weighted by atomic mass is 10.2. The fourth-order valence-electron chi connectivity index (χ4n) is 2.94. The number of aryl methyl sites for hydroxylation is 1. The van der Waals surface area contributed by atoms with Crippen LogP contribution < -0.4 is 10.2 Å². The maximum absolute atomic E-state index is 11.5. The third-order valence-corrected chi connectivity index (χ3v) is 4.43. The fraction of sp³-hybridized carbons (Fsp3) is 0.368. The second-order valence-electron chi connectivity index (χ2n) is 6.38. The molecule has 8 heteroatoms. The number of hydrogen-bond acceptors (Lipinski definition) is 7. The maximum Gasteiger partial charge on any atom is 0.337 e. The first-order valence-electron chi connectivity index (χ1n) is 8.78. The van der Waals surface area contributed by atoms with Crippen LogP contribution in [0.15, 0.2) is 30.3 Å². The second kappa shape index (κ2) is 8.03. The number of esters is 1. The minimum Gasteiger partial charge on any atom is -0.465 e. The number of aromatic nitrogens is 2. The van der Waals surface area contributed by atoms with Gasteiger partial charge in [-0.15, -0.1) is 0 Å². The van der Waals surface area contributed by atoms with E-state index in [0.717, 1.165) is 11.4 Å². The van der Waals surface area contributed by atoms with Gasteiger partial charge in [0.2, 0.25) is 11.9 Å². The van der Waals surface area contributed by atoms with E-state index in [-0.39, 0.29) is 11.9 Å². The van der Waals surface area contributed by atoms with Gasteiger partial charge in [-0.2, -0.15) is 4.98 Å². The summed E-state index contributed by atoms with van der Waals surface area (Å²) in [4.78, 5) is 36.0. The van der Waals surface area contributed by atoms with Crippen LogP contribution in [-0.2, 0) is 9.53 Å². The Hall–Kier alpha value is -3.16. The molecule has 1 amide bonds.